The Hall–Kier alpha value is -3.50. The lowest BCUT2D eigenvalue weighted by Gasteiger charge is -2.28. The molecule has 1 atom stereocenters. The van der Waals surface area contributed by atoms with Crippen LogP contribution in [-0.4, -0.2) is 55.0 Å². The van der Waals surface area contributed by atoms with E-state index < -0.39 is 23.7 Å². The lowest BCUT2D eigenvalue weighted by molar-refractivity contribution is 0.0169. The number of amides is 1. The van der Waals surface area contributed by atoms with Crippen molar-refractivity contribution in [1.29, 1.82) is 0 Å². The molecule has 0 aliphatic heterocycles. The normalized spacial score (nSPS) is 12.5. The molecule has 0 bridgehead atoms. The van der Waals surface area contributed by atoms with Crippen LogP contribution < -0.4 is 4.74 Å². The predicted molar refractivity (Wildman–Crippen MR) is 105 cm³/mol. The van der Waals surface area contributed by atoms with Gasteiger partial charge in [0.25, 0.3) is 11.8 Å². The highest BCUT2D eigenvalue weighted by atomic mass is 19.3. The number of aromatic nitrogens is 5. The summed E-state index contributed by atoms with van der Waals surface area (Å²) < 4.78 is 46.0. The average Bonchev–Trinajstić information content (AvgIpc) is 3.27. The standard InChI is InChI=1S/C20H21F3N6O2/c1-4-28(13(2)12-31-17-6-5-14(10-24-17)20(3,22)23)19(30)16-9-15(21)11-25-18(16)29-26-7-8-27-29/h5-11,13H,4,12H2,1-3H3/t13-/m0/s1. The number of halogens is 3. The second kappa shape index (κ2) is 9.11. The van der Waals surface area contributed by atoms with Gasteiger partial charge in [0.05, 0.1) is 30.2 Å². The van der Waals surface area contributed by atoms with Crippen molar-refractivity contribution < 1.29 is 22.7 Å². The molecule has 3 heterocycles. The van der Waals surface area contributed by atoms with Gasteiger partial charge in [-0.15, -0.1) is 4.80 Å². The predicted octanol–water partition coefficient (Wildman–Crippen LogP) is 3.24. The summed E-state index contributed by atoms with van der Waals surface area (Å²) in [6, 6.07) is 3.22. The van der Waals surface area contributed by atoms with Crippen LogP contribution in [0.3, 0.4) is 0 Å². The van der Waals surface area contributed by atoms with Crippen molar-refractivity contribution in [2.45, 2.75) is 32.7 Å². The molecule has 0 aliphatic rings. The van der Waals surface area contributed by atoms with Gasteiger partial charge in [0, 0.05) is 31.3 Å². The second-order valence-electron chi connectivity index (χ2n) is 6.87. The maximum atomic E-state index is 13.8. The van der Waals surface area contributed by atoms with E-state index in [9.17, 15) is 18.0 Å². The molecule has 11 heteroatoms. The summed E-state index contributed by atoms with van der Waals surface area (Å²) >= 11 is 0. The summed E-state index contributed by atoms with van der Waals surface area (Å²) in [5.41, 5.74) is -0.228. The van der Waals surface area contributed by atoms with E-state index in [4.69, 9.17) is 4.74 Å². The molecule has 8 nitrogen and oxygen atoms in total. The first-order valence-electron chi connectivity index (χ1n) is 9.51. The Bertz CT molecular complexity index is 1020. The van der Waals surface area contributed by atoms with Gasteiger partial charge in [-0.2, -0.15) is 10.2 Å². The molecule has 0 saturated carbocycles. The molecule has 164 valence electrons. The molecular weight excluding hydrogens is 413 g/mol. The molecule has 0 N–H and O–H groups in total. The van der Waals surface area contributed by atoms with Gasteiger partial charge in [-0.1, -0.05) is 0 Å². The molecule has 0 radical (unpaired) electrons. The van der Waals surface area contributed by atoms with Crippen LogP contribution in [0.2, 0.25) is 0 Å². The first-order valence-corrected chi connectivity index (χ1v) is 9.51. The van der Waals surface area contributed by atoms with Gasteiger partial charge in [0.15, 0.2) is 5.82 Å². The number of carbonyl (C=O) groups is 1. The molecule has 1 amide bonds. The lowest BCUT2D eigenvalue weighted by Crippen LogP contribution is -2.42. The molecular formula is C20H21F3N6O2. The van der Waals surface area contributed by atoms with Gasteiger partial charge < -0.3 is 9.64 Å². The highest BCUT2D eigenvalue weighted by Gasteiger charge is 2.26. The van der Waals surface area contributed by atoms with E-state index in [0.717, 1.165) is 30.2 Å². The van der Waals surface area contributed by atoms with E-state index >= 15 is 0 Å². The molecule has 0 spiro atoms. The number of carbonyl (C=O) groups excluding carboxylic acids is 1. The van der Waals surface area contributed by atoms with Crippen LogP contribution >= 0.6 is 0 Å². The van der Waals surface area contributed by atoms with Crippen LogP contribution in [0.1, 0.15) is 36.7 Å². The van der Waals surface area contributed by atoms with Crippen molar-refractivity contribution in [3.63, 3.8) is 0 Å². The Kier molecular flexibility index (Phi) is 6.52. The van der Waals surface area contributed by atoms with Gasteiger partial charge in [0.2, 0.25) is 5.88 Å². The number of ether oxygens (including phenoxy) is 1. The van der Waals surface area contributed by atoms with E-state index in [1.807, 2.05) is 0 Å². The van der Waals surface area contributed by atoms with E-state index in [0.29, 0.717) is 6.54 Å². The van der Waals surface area contributed by atoms with E-state index in [-0.39, 0.29) is 29.4 Å². The minimum atomic E-state index is -3.00. The van der Waals surface area contributed by atoms with Gasteiger partial charge >= 0.3 is 0 Å². The van der Waals surface area contributed by atoms with Crippen LogP contribution in [-0.2, 0) is 5.92 Å². The monoisotopic (exact) mass is 434 g/mol. The zero-order valence-corrected chi connectivity index (χ0v) is 17.2. The highest BCUT2D eigenvalue weighted by molar-refractivity contribution is 5.97. The summed E-state index contributed by atoms with van der Waals surface area (Å²) in [6.45, 7) is 4.65. The maximum absolute atomic E-state index is 13.8. The Morgan fingerprint density at radius 1 is 1.23 bits per heavy atom. The Morgan fingerprint density at radius 3 is 2.52 bits per heavy atom. The van der Waals surface area contributed by atoms with E-state index in [2.05, 4.69) is 20.2 Å². The van der Waals surface area contributed by atoms with Crippen molar-refractivity contribution in [3.8, 4) is 11.7 Å². The first kappa shape index (κ1) is 22.2. The third-order valence-electron chi connectivity index (χ3n) is 4.52. The Balaban J connectivity index is 1.74. The summed E-state index contributed by atoms with van der Waals surface area (Å²) in [5.74, 6) is -3.90. The minimum Gasteiger partial charge on any atom is -0.475 e. The molecule has 3 aromatic rings. The maximum Gasteiger partial charge on any atom is 0.272 e. The zero-order valence-electron chi connectivity index (χ0n) is 17.2. The van der Waals surface area contributed by atoms with Crippen LogP contribution in [0.5, 0.6) is 5.88 Å². The van der Waals surface area contributed by atoms with Crippen molar-refractivity contribution in [2.24, 2.45) is 0 Å². The van der Waals surface area contributed by atoms with Crippen molar-refractivity contribution in [1.82, 2.24) is 29.9 Å². The largest absolute Gasteiger partial charge is 0.475 e. The summed E-state index contributed by atoms with van der Waals surface area (Å²) in [5, 5.41) is 7.91. The fraction of sp³-hybridized carbons (Fsp3) is 0.350. The van der Waals surface area contributed by atoms with Gasteiger partial charge in [0.1, 0.15) is 12.4 Å². The zero-order chi connectivity index (χ0) is 22.6. The molecule has 31 heavy (non-hydrogen) atoms. The number of hydrogen-bond acceptors (Lipinski definition) is 6. The molecule has 0 fully saturated rings. The first-order chi connectivity index (χ1) is 14.7. The fourth-order valence-corrected chi connectivity index (χ4v) is 2.91. The van der Waals surface area contributed by atoms with Crippen molar-refractivity contribution >= 4 is 5.91 Å². The fourth-order valence-electron chi connectivity index (χ4n) is 2.91. The Morgan fingerprint density at radius 2 is 1.94 bits per heavy atom. The number of likely N-dealkylation sites (N-methyl/N-ethyl adjacent to an activating group) is 1. The topological polar surface area (TPSA) is 86.0 Å². The van der Waals surface area contributed by atoms with Crippen LogP contribution in [0.25, 0.3) is 5.82 Å². The number of pyridine rings is 2. The SMILES string of the molecule is CCN(C(=O)c1cc(F)cnc1-n1nccn1)[C@@H](C)COc1ccc(C(C)(F)F)cn1. The second-order valence-corrected chi connectivity index (χ2v) is 6.87. The van der Waals surface area contributed by atoms with Gasteiger partial charge in [-0.05, 0) is 26.0 Å². The molecule has 3 rings (SSSR count). The molecule has 0 saturated heterocycles. The summed E-state index contributed by atoms with van der Waals surface area (Å²) in [7, 11) is 0. The Labute approximate surface area is 176 Å². The smallest absolute Gasteiger partial charge is 0.272 e. The summed E-state index contributed by atoms with van der Waals surface area (Å²) in [6.07, 6.45) is 4.86. The molecule has 0 aromatic carbocycles. The van der Waals surface area contributed by atoms with Crippen molar-refractivity contribution in [3.05, 3.63) is 59.9 Å². The minimum absolute atomic E-state index is 0.00226. The van der Waals surface area contributed by atoms with Gasteiger partial charge in [-0.3, -0.25) is 4.79 Å². The van der Waals surface area contributed by atoms with E-state index in [1.165, 1.54) is 29.4 Å². The third kappa shape index (κ3) is 5.16. The number of rotatable bonds is 8. The van der Waals surface area contributed by atoms with E-state index in [1.54, 1.807) is 13.8 Å². The van der Waals surface area contributed by atoms with Crippen LogP contribution in [0.4, 0.5) is 13.2 Å². The molecule has 0 aliphatic carbocycles. The third-order valence-corrected chi connectivity index (χ3v) is 4.52. The average molecular weight is 434 g/mol. The lowest BCUT2D eigenvalue weighted by atomic mass is 10.2. The van der Waals surface area contributed by atoms with Crippen LogP contribution in [0, 0.1) is 5.82 Å². The number of hydrogen-bond donors (Lipinski definition) is 0. The van der Waals surface area contributed by atoms with Crippen molar-refractivity contribution in [2.75, 3.05) is 13.2 Å². The summed E-state index contributed by atoms with van der Waals surface area (Å²) in [4.78, 5) is 23.6. The van der Waals surface area contributed by atoms with Gasteiger partial charge in [-0.25, -0.2) is 23.1 Å². The molecule has 0 unspecified atom stereocenters. The van der Waals surface area contributed by atoms with Crippen LogP contribution in [0.15, 0.2) is 43.0 Å². The quantitative estimate of drug-likeness (QED) is 0.541. The molecule has 3 aromatic heterocycles. The highest BCUT2D eigenvalue weighted by Crippen LogP contribution is 2.27. The number of alkyl halides is 2. The number of nitrogens with zero attached hydrogens (tertiary/aromatic N) is 6.